The largest absolute Gasteiger partial charge is 0.417 e. The van der Waals surface area contributed by atoms with Crippen LogP contribution < -0.4 is 5.73 Å². The van der Waals surface area contributed by atoms with Gasteiger partial charge in [-0.15, -0.1) is 0 Å². The Kier molecular flexibility index (Phi) is 5.31. The van der Waals surface area contributed by atoms with E-state index in [1.165, 1.54) is 16.1 Å². The summed E-state index contributed by atoms with van der Waals surface area (Å²) in [4.78, 5) is 35.6. The summed E-state index contributed by atoms with van der Waals surface area (Å²) >= 11 is 0. The van der Waals surface area contributed by atoms with E-state index in [1.807, 2.05) is 0 Å². The van der Waals surface area contributed by atoms with Crippen LogP contribution in [0.4, 0.5) is 19.0 Å². The Morgan fingerprint density at radius 2 is 1.97 bits per heavy atom. The number of pyridine rings is 2. The molecule has 4 aromatic rings. The van der Waals surface area contributed by atoms with Gasteiger partial charge >= 0.3 is 6.18 Å². The maximum Gasteiger partial charge on any atom is 0.417 e. The Balaban J connectivity index is 1.41. The van der Waals surface area contributed by atoms with Gasteiger partial charge in [-0.1, -0.05) is 0 Å². The van der Waals surface area contributed by atoms with Crippen molar-refractivity contribution in [2.24, 2.45) is 7.05 Å². The van der Waals surface area contributed by atoms with Crippen LogP contribution in [0.3, 0.4) is 0 Å². The molecule has 1 saturated heterocycles. The maximum absolute atomic E-state index is 13.9. The van der Waals surface area contributed by atoms with Crippen LogP contribution in [-0.4, -0.2) is 60.3 Å². The van der Waals surface area contributed by atoms with Crippen molar-refractivity contribution in [3.05, 3.63) is 59.5 Å². The van der Waals surface area contributed by atoms with E-state index in [0.29, 0.717) is 46.7 Å². The first-order chi connectivity index (χ1) is 18.1. The molecule has 0 bridgehead atoms. The minimum Gasteiger partial charge on any atom is -0.383 e. The highest BCUT2D eigenvalue weighted by Crippen LogP contribution is 2.43. The number of hydrogen-bond donors (Lipinski definition) is 1. The topological polar surface area (TPSA) is 119 Å². The predicted octanol–water partition coefficient (Wildman–Crippen LogP) is 3.07. The zero-order chi connectivity index (χ0) is 26.8. The molecule has 38 heavy (non-hydrogen) atoms. The fourth-order valence-electron chi connectivity index (χ4n) is 4.77. The third-order valence-corrected chi connectivity index (χ3v) is 6.95. The molecule has 3 aromatic heterocycles. The highest BCUT2D eigenvalue weighted by Gasteiger charge is 2.56. The lowest BCUT2D eigenvalue weighted by molar-refractivity contribution is -0.176. The SMILES string of the molecule is Cn1ncc2c(N)nc3ccc(C(=O)N(Cc4ccc(C(F)(F)F)cn4)N4CCOC5(CC5)C4=O)cc3c21. The van der Waals surface area contributed by atoms with Crippen molar-refractivity contribution in [1.82, 2.24) is 29.8 Å². The molecule has 0 unspecified atom stereocenters. The first-order valence-electron chi connectivity index (χ1n) is 11.9. The molecule has 1 spiro atoms. The van der Waals surface area contributed by atoms with E-state index in [1.54, 1.807) is 36.1 Å². The van der Waals surface area contributed by atoms with Crippen LogP contribution in [0.15, 0.2) is 42.7 Å². The minimum atomic E-state index is -4.54. The molecule has 2 aliphatic rings. The third-order valence-electron chi connectivity index (χ3n) is 6.95. The lowest BCUT2D eigenvalue weighted by atomic mass is 10.1. The number of amides is 2. The van der Waals surface area contributed by atoms with E-state index in [4.69, 9.17) is 10.5 Å². The van der Waals surface area contributed by atoms with Crippen molar-refractivity contribution in [3.8, 4) is 0 Å². The first-order valence-corrected chi connectivity index (χ1v) is 11.9. The van der Waals surface area contributed by atoms with Crippen LogP contribution in [0.25, 0.3) is 21.8 Å². The van der Waals surface area contributed by atoms with Gasteiger partial charge in [-0.3, -0.25) is 19.3 Å². The molecule has 1 aliphatic heterocycles. The van der Waals surface area contributed by atoms with Crippen LogP contribution in [0.1, 0.15) is 34.5 Å². The lowest BCUT2D eigenvalue weighted by Crippen LogP contribution is -2.58. The van der Waals surface area contributed by atoms with E-state index < -0.39 is 23.2 Å². The summed E-state index contributed by atoms with van der Waals surface area (Å²) in [7, 11) is 1.75. The van der Waals surface area contributed by atoms with Gasteiger partial charge in [0, 0.05) is 24.2 Å². The number of aromatic nitrogens is 4. The molecular weight excluding hydrogens is 503 g/mol. The Morgan fingerprint density at radius 3 is 2.66 bits per heavy atom. The van der Waals surface area contributed by atoms with Gasteiger partial charge in [0.1, 0.15) is 11.4 Å². The zero-order valence-electron chi connectivity index (χ0n) is 20.2. The summed E-state index contributed by atoms with van der Waals surface area (Å²) < 4.78 is 46.4. The summed E-state index contributed by atoms with van der Waals surface area (Å²) in [6.07, 6.45) is -1.14. The number of nitrogen functional groups attached to an aromatic ring is 1. The second kappa shape index (κ2) is 8.38. The monoisotopic (exact) mass is 525 g/mol. The highest BCUT2D eigenvalue weighted by atomic mass is 19.4. The molecule has 13 heteroatoms. The summed E-state index contributed by atoms with van der Waals surface area (Å²) in [6, 6.07) is 6.99. The number of benzene rings is 1. The molecule has 0 atom stereocenters. The highest BCUT2D eigenvalue weighted by molar-refractivity contribution is 6.10. The number of nitrogens with two attached hydrogens (primary N) is 1. The van der Waals surface area contributed by atoms with Gasteiger partial charge in [-0.05, 0) is 43.2 Å². The van der Waals surface area contributed by atoms with Crippen LogP contribution in [0.5, 0.6) is 0 Å². The number of anilines is 1. The van der Waals surface area contributed by atoms with Gasteiger partial charge < -0.3 is 10.5 Å². The number of alkyl halides is 3. The Hall–Kier alpha value is -4.26. The average molecular weight is 525 g/mol. The van der Waals surface area contributed by atoms with E-state index in [0.717, 1.165) is 6.07 Å². The quantitative estimate of drug-likeness (QED) is 0.435. The summed E-state index contributed by atoms with van der Waals surface area (Å²) in [5.41, 5.74) is 5.92. The predicted molar refractivity (Wildman–Crippen MR) is 129 cm³/mol. The van der Waals surface area contributed by atoms with Gasteiger partial charge in [0.05, 0.1) is 53.6 Å². The number of rotatable bonds is 4. The van der Waals surface area contributed by atoms with E-state index in [2.05, 4.69) is 15.1 Å². The summed E-state index contributed by atoms with van der Waals surface area (Å²) in [5.74, 6) is -0.566. The third kappa shape index (κ3) is 3.90. The number of nitrogens with zero attached hydrogens (tertiary/aromatic N) is 6. The van der Waals surface area contributed by atoms with Gasteiger partial charge in [0.2, 0.25) is 0 Å². The van der Waals surface area contributed by atoms with Gasteiger partial charge in [-0.2, -0.15) is 18.3 Å². The summed E-state index contributed by atoms with van der Waals surface area (Å²) in [5, 5.41) is 8.07. The van der Waals surface area contributed by atoms with Gasteiger partial charge in [0.15, 0.2) is 0 Å². The van der Waals surface area contributed by atoms with Gasteiger partial charge in [-0.25, -0.2) is 15.0 Å². The first kappa shape index (κ1) is 24.1. The second-order valence-corrected chi connectivity index (χ2v) is 9.43. The lowest BCUT2D eigenvalue weighted by Gasteiger charge is -2.40. The number of aryl methyl sites for hydroxylation is 1. The molecule has 2 fully saturated rings. The van der Waals surface area contributed by atoms with Crippen LogP contribution >= 0.6 is 0 Å². The molecule has 2 amide bonds. The fraction of sp³-hybridized carbons (Fsp3) is 0.320. The molecule has 196 valence electrons. The van der Waals surface area contributed by atoms with Crippen LogP contribution in [0.2, 0.25) is 0 Å². The minimum absolute atomic E-state index is 0.116. The smallest absolute Gasteiger partial charge is 0.383 e. The van der Waals surface area contributed by atoms with E-state index >= 15 is 0 Å². The molecule has 0 radical (unpaired) electrons. The molecular formula is C25H22F3N7O3. The number of halogens is 3. The van der Waals surface area contributed by atoms with Crippen molar-refractivity contribution in [2.45, 2.75) is 31.2 Å². The zero-order valence-corrected chi connectivity index (χ0v) is 20.2. The number of morpholine rings is 1. The molecule has 10 nitrogen and oxygen atoms in total. The number of carbonyl (C=O) groups is 2. The molecule has 1 aliphatic carbocycles. The van der Waals surface area contributed by atoms with Crippen molar-refractivity contribution in [2.75, 3.05) is 18.9 Å². The van der Waals surface area contributed by atoms with Crippen LogP contribution in [-0.2, 0) is 29.3 Å². The fourth-order valence-corrected chi connectivity index (χ4v) is 4.77. The van der Waals surface area contributed by atoms with Gasteiger partial charge in [0.25, 0.3) is 11.8 Å². The second-order valence-electron chi connectivity index (χ2n) is 9.43. The summed E-state index contributed by atoms with van der Waals surface area (Å²) in [6.45, 7) is 0.134. The Bertz CT molecular complexity index is 1600. The maximum atomic E-state index is 13.9. The van der Waals surface area contributed by atoms with E-state index in [9.17, 15) is 22.8 Å². The number of fused-ring (bicyclic) bond motifs is 3. The molecule has 1 aromatic carbocycles. The van der Waals surface area contributed by atoms with E-state index in [-0.39, 0.29) is 36.9 Å². The number of hydrogen-bond acceptors (Lipinski definition) is 7. The van der Waals surface area contributed by atoms with Crippen molar-refractivity contribution in [3.63, 3.8) is 0 Å². The van der Waals surface area contributed by atoms with Crippen molar-refractivity contribution < 1.29 is 27.5 Å². The molecule has 6 rings (SSSR count). The molecule has 2 N–H and O–H groups in total. The number of hydrazine groups is 1. The van der Waals surface area contributed by atoms with Crippen LogP contribution in [0, 0.1) is 0 Å². The number of carbonyl (C=O) groups excluding carboxylic acids is 2. The Labute approximate surface area is 213 Å². The number of ether oxygens (including phenoxy) is 1. The Morgan fingerprint density at radius 1 is 1.18 bits per heavy atom. The standard InChI is InChI=1S/C25H22F3N7O3/c1-33-20-17-10-14(2-5-19(17)32-21(29)18(20)12-31-33)22(36)35(34-8-9-38-24(6-7-24)23(34)37)13-16-4-3-15(11-30-16)25(26,27)28/h2-5,10-12H,6-9,13H2,1H3,(H2,29,32). The molecule has 4 heterocycles. The average Bonchev–Trinajstić information content (AvgIpc) is 3.56. The molecule has 1 saturated carbocycles. The van der Waals surface area contributed by atoms with Crippen molar-refractivity contribution >= 4 is 39.4 Å². The normalized spacial score (nSPS) is 16.9. The van der Waals surface area contributed by atoms with Crippen molar-refractivity contribution in [1.29, 1.82) is 0 Å².